The molecule has 1 heterocycles. The molecule has 1 aromatic heterocycles. The zero-order chi connectivity index (χ0) is 11.4. The molecule has 2 rings (SSSR count). The van der Waals surface area contributed by atoms with Crippen LogP contribution in [0.1, 0.15) is 24.3 Å². The maximum absolute atomic E-state index is 10.1. The summed E-state index contributed by atoms with van der Waals surface area (Å²) in [5, 5.41) is 12.0. The average Bonchev–Trinajstić information content (AvgIpc) is 2.83. The molecule has 84 valence electrons. The summed E-state index contributed by atoms with van der Waals surface area (Å²) >= 11 is 1.52. The molecule has 0 saturated carbocycles. The van der Waals surface area contributed by atoms with Crippen molar-refractivity contribution in [3.63, 3.8) is 0 Å². The van der Waals surface area contributed by atoms with Gasteiger partial charge in [0.2, 0.25) is 0 Å². The van der Waals surface area contributed by atoms with Crippen LogP contribution in [0.25, 0.3) is 0 Å². The highest BCUT2D eigenvalue weighted by molar-refractivity contribution is 7.07. The first kappa shape index (κ1) is 11.3. The van der Waals surface area contributed by atoms with E-state index >= 15 is 0 Å². The van der Waals surface area contributed by atoms with Crippen molar-refractivity contribution in [1.29, 1.82) is 0 Å². The molecule has 0 bridgehead atoms. The summed E-state index contributed by atoms with van der Waals surface area (Å²) in [6, 6.07) is 10.2. The molecule has 2 nitrogen and oxygen atoms in total. The maximum atomic E-state index is 10.1. The van der Waals surface area contributed by atoms with Crippen molar-refractivity contribution >= 4 is 11.3 Å². The van der Waals surface area contributed by atoms with Crippen LogP contribution in [-0.4, -0.2) is 10.1 Å². The van der Waals surface area contributed by atoms with Crippen molar-refractivity contribution < 1.29 is 5.11 Å². The smallest absolute Gasteiger partial charge is 0.0996 e. The Kier molecular flexibility index (Phi) is 3.70. The monoisotopic (exact) mass is 233 g/mol. The number of nitrogens with zero attached hydrogens (tertiary/aromatic N) is 1. The van der Waals surface area contributed by atoms with Gasteiger partial charge in [0.25, 0.3) is 0 Å². The van der Waals surface area contributed by atoms with Crippen LogP contribution in [0.5, 0.6) is 0 Å². The molecule has 0 aliphatic heterocycles. The van der Waals surface area contributed by atoms with E-state index in [0.29, 0.717) is 0 Å². The molecular formula is C13H15NOS. The summed E-state index contributed by atoms with van der Waals surface area (Å²) < 4.78 is 0. The molecule has 16 heavy (non-hydrogen) atoms. The normalized spacial score (nSPS) is 14.6. The SMILES string of the molecule is CC(Cc1ccccc1)C(O)c1cscn1. The molecule has 3 heteroatoms. The van der Waals surface area contributed by atoms with Gasteiger partial charge in [-0.1, -0.05) is 37.3 Å². The van der Waals surface area contributed by atoms with E-state index in [1.54, 1.807) is 5.51 Å². The van der Waals surface area contributed by atoms with Crippen LogP contribution in [0.3, 0.4) is 0 Å². The third-order valence-electron chi connectivity index (χ3n) is 2.69. The topological polar surface area (TPSA) is 33.1 Å². The van der Waals surface area contributed by atoms with Crippen molar-refractivity contribution in [3.8, 4) is 0 Å². The number of rotatable bonds is 4. The fraction of sp³-hybridized carbons (Fsp3) is 0.308. The van der Waals surface area contributed by atoms with Crippen LogP contribution in [0.4, 0.5) is 0 Å². The van der Waals surface area contributed by atoms with E-state index in [2.05, 4.69) is 24.0 Å². The van der Waals surface area contributed by atoms with Crippen molar-refractivity contribution in [2.24, 2.45) is 5.92 Å². The second-order valence-corrected chi connectivity index (χ2v) is 4.74. The third-order valence-corrected chi connectivity index (χ3v) is 3.30. The standard InChI is InChI=1S/C13H15NOS/c1-10(7-11-5-3-2-4-6-11)13(15)12-8-16-9-14-12/h2-6,8-10,13,15H,7H2,1H3. The second kappa shape index (κ2) is 5.23. The summed E-state index contributed by atoms with van der Waals surface area (Å²) in [5.41, 5.74) is 3.80. The lowest BCUT2D eigenvalue weighted by Gasteiger charge is -2.16. The Hall–Kier alpha value is -1.19. The number of hydrogen-bond donors (Lipinski definition) is 1. The zero-order valence-corrected chi connectivity index (χ0v) is 10.0. The lowest BCUT2D eigenvalue weighted by atomic mass is 9.94. The zero-order valence-electron chi connectivity index (χ0n) is 9.21. The van der Waals surface area contributed by atoms with E-state index in [0.717, 1.165) is 12.1 Å². The summed E-state index contributed by atoms with van der Waals surface area (Å²) in [6.07, 6.45) is 0.408. The highest BCUT2D eigenvalue weighted by atomic mass is 32.1. The summed E-state index contributed by atoms with van der Waals surface area (Å²) in [6.45, 7) is 2.05. The summed E-state index contributed by atoms with van der Waals surface area (Å²) in [4.78, 5) is 4.15. The molecule has 0 radical (unpaired) electrons. The van der Waals surface area contributed by atoms with Gasteiger partial charge in [-0.3, -0.25) is 0 Å². The first-order valence-electron chi connectivity index (χ1n) is 5.37. The second-order valence-electron chi connectivity index (χ2n) is 4.03. The van der Waals surface area contributed by atoms with Gasteiger partial charge in [0, 0.05) is 5.38 Å². The number of aliphatic hydroxyl groups is 1. The lowest BCUT2D eigenvalue weighted by molar-refractivity contribution is 0.114. The molecule has 2 atom stereocenters. The molecule has 0 spiro atoms. The Bertz CT molecular complexity index is 413. The fourth-order valence-electron chi connectivity index (χ4n) is 1.76. The third kappa shape index (κ3) is 2.68. The molecule has 0 aliphatic carbocycles. The molecule has 1 N–H and O–H groups in total. The van der Waals surface area contributed by atoms with Gasteiger partial charge in [-0.05, 0) is 17.9 Å². The van der Waals surface area contributed by atoms with Gasteiger partial charge in [0.05, 0.1) is 17.3 Å². The van der Waals surface area contributed by atoms with Gasteiger partial charge in [-0.15, -0.1) is 11.3 Å². The number of thiazole rings is 1. The molecule has 0 fully saturated rings. The summed E-state index contributed by atoms with van der Waals surface area (Å²) in [5.74, 6) is 0.185. The van der Waals surface area contributed by atoms with Gasteiger partial charge in [-0.25, -0.2) is 4.98 Å². The average molecular weight is 233 g/mol. The molecule has 1 aromatic carbocycles. The van der Waals surface area contributed by atoms with Crippen molar-refractivity contribution in [2.45, 2.75) is 19.4 Å². The fourth-order valence-corrected chi connectivity index (χ4v) is 2.34. The van der Waals surface area contributed by atoms with Crippen molar-refractivity contribution in [1.82, 2.24) is 4.98 Å². The van der Waals surface area contributed by atoms with Crippen LogP contribution in [0.2, 0.25) is 0 Å². The Morgan fingerprint density at radius 2 is 2.06 bits per heavy atom. The van der Waals surface area contributed by atoms with E-state index in [-0.39, 0.29) is 5.92 Å². The predicted molar refractivity (Wildman–Crippen MR) is 66.4 cm³/mol. The Labute approximate surface area is 99.6 Å². The molecular weight excluding hydrogens is 218 g/mol. The predicted octanol–water partition coefficient (Wildman–Crippen LogP) is 3.06. The van der Waals surface area contributed by atoms with E-state index in [1.165, 1.54) is 16.9 Å². The number of benzene rings is 1. The van der Waals surface area contributed by atoms with Crippen LogP contribution in [-0.2, 0) is 6.42 Å². The van der Waals surface area contributed by atoms with Crippen molar-refractivity contribution in [2.75, 3.05) is 0 Å². The Morgan fingerprint density at radius 1 is 1.31 bits per heavy atom. The Balaban J connectivity index is 2.01. The van der Waals surface area contributed by atoms with Gasteiger partial charge in [0.1, 0.15) is 0 Å². The molecule has 0 saturated heterocycles. The largest absolute Gasteiger partial charge is 0.386 e. The minimum atomic E-state index is -0.466. The molecule has 0 amide bonds. The lowest BCUT2D eigenvalue weighted by Crippen LogP contribution is -2.12. The van der Waals surface area contributed by atoms with E-state index in [1.807, 2.05) is 23.6 Å². The first-order valence-corrected chi connectivity index (χ1v) is 6.31. The molecule has 0 aliphatic rings. The first-order chi connectivity index (χ1) is 7.77. The van der Waals surface area contributed by atoms with E-state index in [9.17, 15) is 5.11 Å². The minimum Gasteiger partial charge on any atom is -0.386 e. The Morgan fingerprint density at radius 3 is 2.69 bits per heavy atom. The molecule has 2 aromatic rings. The van der Waals surface area contributed by atoms with Gasteiger partial charge >= 0.3 is 0 Å². The van der Waals surface area contributed by atoms with Crippen LogP contribution < -0.4 is 0 Å². The minimum absolute atomic E-state index is 0.185. The highest BCUT2D eigenvalue weighted by Gasteiger charge is 2.18. The highest BCUT2D eigenvalue weighted by Crippen LogP contribution is 2.24. The van der Waals surface area contributed by atoms with Gasteiger partial charge in [-0.2, -0.15) is 0 Å². The van der Waals surface area contributed by atoms with E-state index < -0.39 is 6.10 Å². The maximum Gasteiger partial charge on any atom is 0.0996 e. The quantitative estimate of drug-likeness (QED) is 0.880. The van der Waals surface area contributed by atoms with Crippen LogP contribution in [0.15, 0.2) is 41.2 Å². The summed E-state index contributed by atoms with van der Waals surface area (Å²) in [7, 11) is 0. The van der Waals surface area contributed by atoms with Gasteiger partial charge in [0.15, 0.2) is 0 Å². The van der Waals surface area contributed by atoms with Crippen LogP contribution >= 0.6 is 11.3 Å². The van der Waals surface area contributed by atoms with Gasteiger partial charge < -0.3 is 5.11 Å². The number of hydrogen-bond acceptors (Lipinski definition) is 3. The van der Waals surface area contributed by atoms with Crippen LogP contribution in [0, 0.1) is 5.92 Å². The number of aromatic nitrogens is 1. The van der Waals surface area contributed by atoms with Crippen molar-refractivity contribution in [3.05, 3.63) is 52.5 Å². The number of aliphatic hydroxyl groups excluding tert-OH is 1. The van der Waals surface area contributed by atoms with E-state index in [4.69, 9.17) is 0 Å². The molecule has 2 unspecified atom stereocenters.